The second-order valence-corrected chi connectivity index (χ2v) is 6.19. The fourth-order valence-electron chi connectivity index (χ4n) is 2.56. The van der Waals surface area contributed by atoms with Crippen molar-refractivity contribution in [2.24, 2.45) is 4.99 Å². The van der Waals surface area contributed by atoms with Crippen LogP contribution in [-0.4, -0.2) is 63.4 Å². The van der Waals surface area contributed by atoms with Crippen molar-refractivity contribution in [2.75, 3.05) is 52.5 Å². The average Bonchev–Trinajstić information content (AvgIpc) is 2.70. The summed E-state index contributed by atoms with van der Waals surface area (Å²) >= 11 is 0. The van der Waals surface area contributed by atoms with E-state index in [2.05, 4.69) is 53.4 Å². The number of likely N-dealkylation sites (N-methyl/N-ethyl adjacent to an activating group) is 1. The Bertz CT molecular complexity index is 508. The number of nitrogens with zero attached hydrogens (tertiary/aromatic N) is 2. The molecule has 0 aliphatic heterocycles. The van der Waals surface area contributed by atoms with Gasteiger partial charge in [0, 0.05) is 32.8 Å². The van der Waals surface area contributed by atoms with Crippen molar-refractivity contribution in [1.82, 2.24) is 15.5 Å². The van der Waals surface area contributed by atoms with E-state index in [-0.39, 0.29) is 24.0 Å². The first kappa shape index (κ1) is 26.9. The molecule has 0 aromatic heterocycles. The largest absolute Gasteiger partial charge is 0.492 e. The SMILES string of the molecule is CCNC(=NCc1ccc(OCCN(CC)CC)cc1)NCCCOCC.I. The third kappa shape index (κ3) is 12.4. The van der Waals surface area contributed by atoms with Gasteiger partial charge in [-0.1, -0.05) is 26.0 Å². The number of guanidine groups is 1. The number of hydrogen-bond donors (Lipinski definition) is 2. The van der Waals surface area contributed by atoms with Crippen LogP contribution >= 0.6 is 24.0 Å². The van der Waals surface area contributed by atoms with Gasteiger partial charge in [0.15, 0.2) is 5.96 Å². The van der Waals surface area contributed by atoms with Crippen molar-refractivity contribution in [3.8, 4) is 5.75 Å². The standard InChI is InChI=1S/C21H38N4O2.HI/c1-5-22-21(23-14-9-16-26-8-4)24-18-19-10-12-20(13-11-19)27-17-15-25(6-2)7-3;/h10-13H,5-9,14-18H2,1-4H3,(H2,22,23,24);1H. The second kappa shape index (κ2) is 18.0. The highest BCUT2D eigenvalue weighted by atomic mass is 127. The van der Waals surface area contributed by atoms with Crippen molar-refractivity contribution < 1.29 is 9.47 Å². The number of halogens is 1. The molecule has 0 radical (unpaired) electrons. The Hall–Kier alpha value is -1.06. The highest BCUT2D eigenvalue weighted by molar-refractivity contribution is 14.0. The maximum atomic E-state index is 5.83. The molecule has 1 aromatic carbocycles. The van der Waals surface area contributed by atoms with Crippen LogP contribution in [-0.2, 0) is 11.3 Å². The fraction of sp³-hybridized carbons (Fsp3) is 0.667. The minimum atomic E-state index is 0. The molecule has 2 N–H and O–H groups in total. The van der Waals surface area contributed by atoms with Crippen molar-refractivity contribution in [3.63, 3.8) is 0 Å². The summed E-state index contributed by atoms with van der Waals surface area (Å²) in [6, 6.07) is 8.20. The third-order valence-electron chi connectivity index (χ3n) is 4.22. The molecule has 0 spiro atoms. The van der Waals surface area contributed by atoms with E-state index in [9.17, 15) is 0 Å². The lowest BCUT2D eigenvalue weighted by Gasteiger charge is -2.18. The molecule has 28 heavy (non-hydrogen) atoms. The van der Waals surface area contributed by atoms with E-state index in [0.717, 1.165) is 76.2 Å². The van der Waals surface area contributed by atoms with E-state index in [1.807, 2.05) is 19.1 Å². The molecule has 0 saturated heterocycles. The Morgan fingerprint density at radius 1 is 1.00 bits per heavy atom. The highest BCUT2D eigenvalue weighted by Crippen LogP contribution is 2.13. The Morgan fingerprint density at radius 2 is 1.71 bits per heavy atom. The third-order valence-corrected chi connectivity index (χ3v) is 4.22. The van der Waals surface area contributed by atoms with Crippen LogP contribution in [0.5, 0.6) is 5.75 Å². The predicted molar refractivity (Wildman–Crippen MR) is 129 cm³/mol. The molecule has 0 aliphatic carbocycles. The zero-order valence-electron chi connectivity index (χ0n) is 18.0. The Balaban J connectivity index is 0.00000729. The van der Waals surface area contributed by atoms with Crippen LogP contribution in [0, 0.1) is 0 Å². The molecule has 7 heteroatoms. The lowest BCUT2D eigenvalue weighted by Crippen LogP contribution is -2.38. The molecule has 1 rings (SSSR count). The molecule has 162 valence electrons. The number of benzene rings is 1. The van der Waals surface area contributed by atoms with Gasteiger partial charge < -0.3 is 25.0 Å². The van der Waals surface area contributed by atoms with Crippen molar-refractivity contribution >= 4 is 29.9 Å². The Kier molecular flexibility index (Phi) is 17.3. The van der Waals surface area contributed by atoms with E-state index >= 15 is 0 Å². The molecule has 0 heterocycles. The first-order chi connectivity index (χ1) is 13.2. The van der Waals surface area contributed by atoms with Gasteiger partial charge in [-0.25, -0.2) is 4.99 Å². The molecule has 0 unspecified atom stereocenters. The quantitative estimate of drug-likeness (QED) is 0.175. The molecule has 6 nitrogen and oxygen atoms in total. The number of aliphatic imine (C=N–C) groups is 1. The van der Waals surface area contributed by atoms with Gasteiger partial charge in [-0.15, -0.1) is 24.0 Å². The maximum Gasteiger partial charge on any atom is 0.191 e. The average molecular weight is 506 g/mol. The number of nitrogens with one attached hydrogen (secondary N) is 2. The van der Waals surface area contributed by atoms with Gasteiger partial charge in [0.2, 0.25) is 0 Å². The summed E-state index contributed by atoms with van der Waals surface area (Å²) in [5, 5.41) is 6.61. The van der Waals surface area contributed by atoms with Crippen LogP contribution in [0.4, 0.5) is 0 Å². The monoisotopic (exact) mass is 506 g/mol. The molecule has 0 amide bonds. The van der Waals surface area contributed by atoms with E-state index < -0.39 is 0 Å². The normalized spacial score (nSPS) is 11.2. The van der Waals surface area contributed by atoms with Crippen LogP contribution in [0.3, 0.4) is 0 Å². The number of ether oxygens (including phenoxy) is 2. The van der Waals surface area contributed by atoms with Gasteiger partial charge in [0.1, 0.15) is 12.4 Å². The summed E-state index contributed by atoms with van der Waals surface area (Å²) in [4.78, 5) is 7.00. The Labute approximate surface area is 188 Å². The van der Waals surface area contributed by atoms with Crippen LogP contribution < -0.4 is 15.4 Å². The zero-order chi connectivity index (χ0) is 19.7. The van der Waals surface area contributed by atoms with Gasteiger partial charge in [-0.2, -0.15) is 0 Å². The van der Waals surface area contributed by atoms with Gasteiger partial charge in [-0.05, 0) is 51.1 Å². The Morgan fingerprint density at radius 3 is 2.32 bits per heavy atom. The van der Waals surface area contributed by atoms with Crippen LogP contribution in [0.2, 0.25) is 0 Å². The molecule has 0 atom stereocenters. The minimum Gasteiger partial charge on any atom is -0.492 e. The first-order valence-electron chi connectivity index (χ1n) is 10.3. The number of hydrogen-bond acceptors (Lipinski definition) is 4. The van der Waals surface area contributed by atoms with Crippen LogP contribution in [0.15, 0.2) is 29.3 Å². The highest BCUT2D eigenvalue weighted by Gasteiger charge is 2.01. The molecule has 0 aliphatic rings. The summed E-state index contributed by atoms with van der Waals surface area (Å²) in [6.07, 6.45) is 0.970. The van der Waals surface area contributed by atoms with Crippen LogP contribution in [0.1, 0.15) is 39.7 Å². The van der Waals surface area contributed by atoms with E-state index in [0.29, 0.717) is 6.54 Å². The van der Waals surface area contributed by atoms with Gasteiger partial charge in [-0.3, -0.25) is 0 Å². The van der Waals surface area contributed by atoms with Gasteiger partial charge in [0.25, 0.3) is 0 Å². The summed E-state index contributed by atoms with van der Waals surface area (Å²) in [6.45, 7) is 16.1. The van der Waals surface area contributed by atoms with Crippen LogP contribution in [0.25, 0.3) is 0 Å². The maximum absolute atomic E-state index is 5.83. The van der Waals surface area contributed by atoms with Crippen molar-refractivity contribution in [2.45, 2.75) is 40.7 Å². The van der Waals surface area contributed by atoms with Gasteiger partial charge in [0.05, 0.1) is 6.54 Å². The number of rotatable bonds is 14. The fourth-order valence-corrected chi connectivity index (χ4v) is 2.56. The molecule has 0 bridgehead atoms. The molecular formula is C21H39IN4O2. The van der Waals surface area contributed by atoms with E-state index in [1.54, 1.807) is 0 Å². The lowest BCUT2D eigenvalue weighted by molar-refractivity contribution is 0.145. The summed E-state index contributed by atoms with van der Waals surface area (Å²) in [7, 11) is 0. The predicted octanol–water partition coefficient (Wildman–Crippen LogP) is 3.51. The van der Waals surface area contributed by atoms with E-state index in [4.69, 9.17) is 9.47 Å². The van der Waals surface area contributed by atoms with Crippen molar-refractivity contribution in [1.29, 1.82) is 0 Å². The topological polar surface area (TPSA) is 58.1 Å². The molecule has 0 fully saturated rings. The zero-order valence-corrected chi connectivity index (χ0v) is 20.3. The molecule has 1 aromatic rings. The molecule has 0 saturated carbocycles. The summed E-state index contributed by atoms with van der Waals surface area (Å²) in [5.74, 6) is 1.75. The molecular weight excluding hydrogens is 467 g/mol. The summed E-state index contributed by atoms with van der Waals surface area (Å²) < 4.78 is 11.2. The van der Waals surface area contributed by atoms with Gasteiger partial charge >= 0.3 is 0 Å². The lowest BCUT2D eigenvalue weighted by atomic mass is 10.2. The smallest absolute Gasteiger partial charge is 0.191 e. The second-order valence-electron chi connectivity index (χ2n) is 6.19. The van der Waals surface area contributed by atoms with Crippen molar-refractivity contribution in [3.05, 3.63) is 29.8 Å². The first-order valence-corrected chi connectivity index (χ1v) is 10.3. The van der Waals surface area contributed by atoms with E-state index in [1.165, 1.54) is 0 Å². The summed E-state index contributed by atoms with van der Waals surface area (Å²) in [5.41, 5.74) is 1.16. The minimum absolute atomic E-state index is 0.